The predicted molar refractivity (Wildman–Crippen MR) is 75.5 cm³/mol. The van der Waals surface area contributed by atoms with E-state index in [0.29, 0.717) is 0 Å². The standard InChI is InChI=1S/C16H21ClO/c1-16(2)14(17)10-15(16)18-13-8-7-11-5-3-4-6-12(11)9-13/h7-9,14-15H,3-6,10H2,1-2H3. The first-order valence-electron chi connectivity index (χ1n) is 7.00. The van der Waals surface area contributed by atoms with Crippen LogP contribution in [0.5, 0.6) is 5.75 Å². The van der Waals surface area contributed by atoms with Crippen molar-refractivity contribution in [3.05, 3.63) is 29.3 Å². The molecule has 1 aromatic rings. The zero-order valence-electron chi connectivity index (χ0n) is 11.2. The van der Waals surface area contributed by atoms with Gasteiger partial charge in [-0.3, -0.25) is 0 Å². The monoisotopic (exact) mass is 264 g/mol. The Bertz CT molecular complexity index is 452. The summed E-state index contributed by atoms with van der Waals surface area (Å²) < 4.78 is 6.12. The second-order valence-electron chi connectivity index (χ2n) is 6.27. The molecule has 1 aromatic carbocycles. The second-order valence-corrected chi connectivity index (χ2v) is 6.80. The van der Waals surface area contributed by atoms with Gasteiger partial charge in [0.1, 0.15) is 11.9 Å². The molecule has 18 heavy (non-hydrogen) atoms. The molecule has 1 fully saturated rings. The molecular weight excluding hydrogens is 244 g/mol. The Morgan fingerprint density at radius 1 is 1.17 bits per heavy atom. The van der Waals surface area contributed by atoms with E-state index in [2.05, 4.69) is 32.0 Å². The number of rotatable bonds is 2. The molecule has 0 amide bonds. The van der Waals surface area contributed by atoms with E-state index in [1.807, 2.05) is 0 Å². The molecule has 98 valence electrons. The Balaban J connectivity index is 1.74. The SMILES string of the molecule is CC1(C)C(Cl)CC1Oc1ccc2c(c1)CCCC2. The number of benzene rings is 1. The fraction of sp³-hybridized carbons (Fsp3) is 0.625. The van der Waals surface area contributed by atoms with Crippen LogP contribution in [0.2, 0.25) is 0 Å². The molecule has 1 nitrogen and oxygen atoms in total. The van der Waals surface area contributed by atoms with Crippen molar-refractivity contribution in [1.29, 1.82) is 0 Å². The fourth-order valence-electron chi connectivity index (χ4n) is 2.98. The number of hydrogen-bond donors (Lipinski definition) is 0. The number of aryl methyl sites for hydroxylation is 2. The molecule has 0 N–H and O–H groups in total. The van der Waals surface area contributed by atoms with Crippen molar-refractivity contribution in [2.45, 2.75) is 57.4 Å². The van der Waals surface area contributed by atoms with Crippen LogP contribution in [0.1, 0.15) is 44.2 Å². The van der Waals surface area contributed by atoms with Gasteiger partial charge in [0.2, 0.25) is 0 Å². The molecule has 0 saturated heterocycles. The summed E-state index contributed by atoms with van der Waals surface area (Å²) in [5.74, 6) is 1.03. The van der Waals surface area contributed by atoms with Gasteiger partial charge in [-0.25, -0.2) is 0 Å². The van der Waals surface area contributed by atoms with Gasteiger partial charge in [0.15, 0.2) is 0 Å². The Morgan fingerprint density at radius 2 is 1.89 bits per heavy atom. The van der Waals surface area contributed by atoms with Gasteiger partial charge in [-0.2, -0.15) is 0 Å². The third-order valence-corrected chi connectivity index (χ3v) is 5.40. The molecule has 3 rings (SSSR count). The van der Waals surface area contributed by atoms with Crippen molar-refractivity contribution in [2.24, 2.45) is 5.41 Å². The lowest BCUT2D eigenvalue weighted by Gasteiger charge is -2.48. The Hall–Kier alpha value is -0.690. The molecule has 0 aromatic heterocycles. The lowest BCUT2D eigenvalue weighted by molar-refractivity contribution is -0.0130. The van der Waals surface area contributed by atoms with Crippen LogP contribution in [0.15, 0.2) is 18.2 Å². The van der Waals surface area contributed by atoms with E-state index in [1.165, 1.54) is 36.8 Å². The largest absolute Gasteiger partial charge is 0.490 e. The maximum absolute atomic E-state index is 6.24. The van der Waals surface area contributed by atoms with Crippen molar-refractivity contribution in [1.82, 2.24) is 0 Å². The lowest BCUT2D eigenvalue weighted by atomic mass is 9.68. The van der Waals surface area contributed by atoms with Gasteiger partial charge in [-0.15, -0.1) is 11.6 Å². The summed E-state index contributed by atoms with van der Waals surface area (Å²) in [6.07, 6.45) is 6.31. The predicted octanol–water partition coefficient (Wildman–Crippen LogP) is 4.35. The molecule has 2 unspecified atom stereocenters. The van der Waals surface area contributed by atoms with Crippen molar-refractivity contribution in [2.75, 3.05) is 0 Å². The highest BCUT2D eigenvalue weighted by Crippen LogP contribution is 2.46. The molecule has 0 spiro atoms. The van der Waals surface area contributed by atoms with Crippen LogP contribution in [-0.4, -0.2) is 11.5 Å². The smallest absolute Gasteiger partial charge is 0.120 e. The lowest BCUT2D eigenvalue weighted by Crippen LogP contribution is -2.53. The van der Waals surface area contributed by atoms with Gasteiger partial charge in [-0.1, -0.05) is 19.9 Å². The van der Waals surface area contributed by atoms with Crippen molar-refractivity contribution in [3.8, 4) is 5.75 Å². The first-order chi connectivity index (χ1) is 8.57. The zero-order valence-corrected chi connectivity index (χ0v) is 12.0. The van der Waals surface area contributed by atoms with Gasteiger partial charge >= 0.3 is 0 Å². The van der Waals surface area contributed by atoms with E-state index in [0.717, 1.165) is 12.2 Å². The molecule has 0 bridgehead atoms. The highest BCUT2D eigenvalue weighted by Gasteiger charge is 2.49. The third-order valence-electron chi connectivity index (χ3n) is 4.66. The summed E-state index contributed by atoms with van der Waals surface area (Å²) in [7, 11) is 0. The molecule has 2 heteroatoms. The van der Waals surface area contributed by atoms with Crippen LogP contribution in [-0.2, 0) is 12.8 Å². The summed E-state index contributed by atoms with van der Waals surface area (Å²) >= 11 is 6.24. The maximum Gasteiger partial charge on any atom is 0.120 e. The van der Waals surface area contributed by atoms with Crippen molar-refractivity contribution >= 4 is 11.6 Å². The topological polar surface area (TPSA) is 9.23 Å². The van der Waals surface area contributed by atoms with Crippen molar-refractivity contribution in [3.63, 3.8) is 0 Å². The summed E-state index contributed by atoms with van der Waals surface area (Å²) in [5, 5.41) is 0.250. The molecule has 0 aliphatic heterocycles. The highest BCUT2D eigenvalue weighted by atomic mass is 35.5. The van der Waals surface area contributed by atoms with Gasteiger partial charge in [0.05, 0.1) is 0 Å². The van der Waals surface area contributed by atoms with Gasteiger partial charge in [-0.05, 0) is 48.9 Å². The molecule has 2 aliphatic carbocycles. The Labute approximate surface area is 114 Å². The molecule has 2 aliphatic rings. The summed E-state index contributed by atoms with van der Waals surface area (Å²) in [5.41, 5.74) is 3.09. The average Bonchev–Trinajstić information content (AvgIpc) is 2.38. The quantitative estimate of drug-likeness (QED) is 0.722. The van der Waals surface area contributed by atoms with E-state index >= 15 is 0 Å². The average molecular weight is 265 g/mol. The molecule has 2 atom stereocenters. The zero-order chi connectivity index (χ0) is 12.8. The van der Waals surface area contributed by atoms with E-state index in [4.69, 9.17) is 16.3 Å². The molecule has 0 radical (unpaired) electrons. The van der Waals surface area contributed by atoms with Crippen LogP contribution in [0.4, 0.5) is 0 Å². The van der Waals surface area contributed by atoms with E-state index in [9.17, 15) is 0 Å². The summed E-state index contributed by atoms with van der Waals surface area (Å²) in [4.78, 5) is 0. The highest BCUT2D eigenvalue weighted by molar-refractivity contribution is 6.21. The summed E-state index contributed by atoms with van der Waals surface area (Å²) in [6.45, 7) is 4.38. The molecular formula is C16H21ClO. The number of alkyl halides is 1. The second kappa shape index (κ2) is 4.45. The summed E-state index contributed by atoms with van der Waals surface area (Å²) in [6, 6.07) is 6.61. The minimum Gasteiger partial charge on any atom is -0.490 e. The maximum atomic E-state index is 6.24. The van der Waals surface area contributed by atoms with E-state index in [-0.39, 0.29) is 16.9 Å². The minimum absolute atomic E-state index is 0.0947. The normalized spacial score (nSPS) is 29.3. The number of halogens is 1. The van der Waals surface area contributed by atoms with Crippen LogP contribution in [0.3, 0.4) is 0 Å². The van der Waals surface area contributed by atoms with Gasteiger partial charge < -0.3 is 4.74 Å². The van der Waals surface area contributed by atoms with E-state index in [1.54, 1.807) is 0 Å². The number of ether oxygens (including phenoxy) is 1. The van der Waals surface area contributed by atoms with Gasteiger partial charge in [0, 0.05) is 17.2 Å². The van der Waals surface area contributed by atoms with E-state index < -0.39 is 0 Å². The third kappa shape index (κ3) is 2.03. The number of hydrogen-bond acceptors (Lipinski definition) is 1. The van der Waals surface area contributed by atoms with Gasteiger partial charge in [0.25, 0.3) is 0 Å². The first-order valence-corrected chi connectivity index (χ1v) is 7.43. The first kappa shape index (κ1) is 12.3. The Kier molecular flexibility index (Phi) is 3.05. The minimum atomic E-state index is 0.0947. The van der Waals surface area contributed by atoms with Crippen LogP contribution >= 0.6 is 11.6 Å². The fourth-order valence-corrected chi connectivity index (χ4v) is 3.29. The molecule has 0 heterocycles. The molecule has 1 saturated carbocycles. The Morgan fingerprint density at radius 3 is 2.56 bits per heavy atom. The van der Waals surface area contributed by atoms with Crippen LogP contribution in [0.25, 0.3) is 0 Å². The van der Waals surface area contributed by atoms with Crippen molar-refractivity contribution < 1.29 is 4.74 Å². The van der Waals surface area contributed by atoms with Crippen LogP contribution in [0, 0.1) is 5.41 Å². The number of fused-ring (bicyclic) bond motifs is 1. The van der Waals surface area contributed by atoms with Crippen LogP contribution < -0.4 is 4.74 Å².